The van der Waals surface area contributed by atoms with Crippen molar-refractivity contribution in [1.29, 1.82) is 0 Å². The predicted octanol–water partition coefficient (Wildman–Crippen LogP) is 2.54. The standard InChI is InChI=1S/C8H13ClO/c1-7(6-9)4-3-5-8(2)10/h1,3-6H2,2H3. The molecule has 0 aliphatic heterocycles. The Morgan fingerprint density at radius 2 is 2.10 bits per heavy atom. The van der Waals surface area contributed by atoms with Crippen LogP contribution in [0, 0.1) is 0 Å². The molecule has 58 valence electrons. The highest BCUT2D eigenvalue weighted by molar-refractivity contribution is 6.19. The number of Topliss-reactive ketones (excluding diaryl/α,β-unsaturated/α-hetero) is 1. The van der Waals surface area contributed by atoms with Gasteiger partial charge in [-0.25, -0.2) is 0 Å². The van der Waals surface area contributed by atoms with Crippen LogP contribution in [-0.4, -0.2) is 11.7 Å². The number of carbonyl (C=O) groups excluding carboxylic acids is 1. The number of halogens is 1. The Kier molecular flexibility index (Phi) is 5.32. The van der Waals surface area contributed by atoms with E-state index in [1.807, 2.05) is 0 Å². The third-order valence-corrected chi connectivity index (χ3v) is 1.63. The molecule has 0 amide bonds. The molecule has 2 heteroatoms. The van der Waals surface area contributed by atoms with Crippen LogP contribution in [0.3, 0.4) is 0 Å². The molecule has 0 saturated carbocycles. The van der Waals surface area contributed by atoms with Gasteiger partial charge in [0.25, 0.3) is 0 Å². The van der Waals surface area contributed by atoms with Crippen molar-refractivity contribution in [2.45, 2.75) is 26.2 Å². The van der Waals surface area contributed by atoms with Crippen molar-refractivity contribution in [2.24, 2.45) is 0 Å². The van der Waals surface area contributed by atoms with E-state index in [9.17, 15) is 4.79 Å². The highest BCUT2D eigenvalue weighted by Gasteiger charge is 1.95. The number of hydrogen-bond acceptors (Lipinski definition) is 1. The summed E-state index contributed by atoms with van der Waals surface area (Å²) in [7, 11) is 0. The summed E-state index contributed by atoms with van der Waals surface area (Å²) in [6.45, 7) is 5.33. The van der Waals surface area contributed by atoms with E-state index >= 15 is 0 Å². The van der Waals surface area contributed by atoms with Crippen molar-refractivity contribution in [3.05, 3.63) is 12.2 Å². The van der Waals surface area contributed by atoms with Gasteiger partial charge >= 0.3 is 0 Å². The summed E-state index contributed by atoms with van der Waals surface area (Å²) >= 11 is 5.48. The van der Waals surface area contributed by atoms with Crippen LogP contribution in [0.25, 0.3) is 0 Å². The van der Waals surface area contributed by atoms with Crippen molar-refractivity contribution in [2.75, 3.05) is 5.88 Å². The molecule has 0 aromatic carbocycles. The molecule has 0 fully saturated rings. The van der Waals surface area contributed by atoms with Crippen LogP contribution in [0.5, 0.6) is 0 Å². The summed E-state index contributed by atoms with van der Waals surface area (Å²) in [5.41, 5.74) is 1.02. The average molecular weight is 161 g/mol. The molecule has 0 aliphatic rings. The van der Waals surface area contributed by atoms with E-state index < -0.39 is 0 Å². The van der Waals surface area contributed by atoms with Crippen LogP contribution in [0.1, 0.15) is 26.2 Å². The van der Waals surface area contributed by atoms with Gasteiger partial charge in [0.1, 0.15) is 5.78 Å². The third kappa shape index (κ3) is 5.83. The van der Waals surface area contributed by atoms with Gasteiger partial charge in [0, 0.05) is 12.3 Å². The summed E-state index contributed by atoms with van der Waals surface area (Å²) in [6.07, 6.45) is 2.42. The van der Waals surface area contributed by atoms with Crippen LogP contribution >= 0.6 is 11.6 Å². The van der Waals surface area contributed by atoms with E-state index in [0.29, 0.717) is 12.3 Å². The van der Waals surface area contributed by atoms with Gasteiger partial charge in [-0.3, -0.25) is 0 Å². The molecular weight excluding hydrogens is 148 g/mol. The number of ketones is 1. The molecule has 0 spiro atoms. The van der Waals surface area contributed by atoms with Crippen molar-refractivity contribution in [3.8, 4) is 0 Å². The summed E-state index contributed by atoms with van der Waals surface area (Å²) < 4.78 is 0. The summed E-state index contributed by atoms with van der Waals surface area (Å²) in [5, 5.41) is 0. The summed E-state index contributed by atoms with van der Waals surface area (Å²) in [6, 6.07) is 0. The normalized spacial score (nSPS) is 9.40. The van der Waals surface area contributed by atoms with Crippen LogP contribution in [0.2, 0.25) is 0 Å². The molecule has 1 nitrogen and oxygen atoms in total. The lowest BCUT2D eigenvalue weighted by molar-refractivity contribution is -0.117. The lowest BCUT2D eigenvalue weighted by atomic mass is 10.1. The van der Waals surface area contributed by atoms with E-state index in [0.717, 1.165) is 18.4 Å². The number of allylic oxidation sites excluding steroid dienone is 1. The molecule has 0 unspecified atom stereocenters. The molecule has 0 atom stereocenters. The Balaban J connectivity index is 3.20. The molecule has 0 aromatic heterocycles. The lowest BCUT2D eigenvalue weighted by Gasteiger charge is -1.97. The maximum absolute atomic E-state index is 10.5. The molecule has 0 rings (SSSR count). The number of hydrogen-bond donors (Lipinski definition) is 0. The second kappa shape index (κ2) is 5.48. The molecule has 10 heavy (non-hydrogen) atoms. The molecule has 0 bridgehead atoms. The molecule has 0 saturated heterocycles. The maximum atomic E-state index is 10.5. The number of carbonyl (C=O) groups is 1. The Morgan fingerprint density at radius 3 is 2.50 bits per heavy atom. The minimum Gasteiger partial charge on any atom is -0.300 e. The van der Waals surface area contributed by atoms with E-state index in [4.69, 9.17) is 11.6 Å². The van der Waals surface area contributed by atoms with Gasteiger partial charge in [0.15, 0.2) is 0 Å². The van der Waals surface area contributed by atoms with Crippen molar-refractivity contribution in [1.82, 2.24) is 0 Å². The predicted molar refractivity (Wildman–Crippen MR) is 44.4 cm³/mol. The van der Waals surface area contributed by atoms with Crippen molar-refractivity contribution >= 4 is 17.4 Å². The lowest BCUT2D eigenvalue weighted by Crippen LogP contribution is -1.90. The topological polar surface area (TPSA) is 17.1 Å². The highest BCUT2D eigenvalue weighted by Crippen LogP contribution is 2.06. The first kappa shape index (κ1) is 9.70. The van der Waals surface area contributed by atoms with Crippen LogP contribution in [-0.2, 0) is 4.79 Å². The quantitative estimate of drug-likeness (QED) is 0.446. The second-order valence-corrected chi connectivity index (χ2v) is 2.71. The molecule has 0 aliphatic carbocycles. The Labute approximate surface area is 67.1 Å². The van der Waals surface area contributed by atoms with E-state index in [-0.39, 0.29) is 5.78 Å². The van der Waals surface area contributed by atoms with E-state index in [1.165, 1.54) is 0 Å². The molecule has 0 aromatic rings. The van der Waals surface area contributed by atoms with Gasteiger partial charge in [-0.1, -0.05) is 12.2 Å². The van der Waals surface area contributed by atoms with Crippen LogP contribution in [0.4, 0.5) is 0 Å². The van der Waals surface area contributed by atoms with Gasteiger partial charge in [-0.05, 0) is 19.8 Å². The molecular formula is C8H13ClO. The minimum absolute atomic E-state index is 0.238. The average Bonchev–Trinajstić information content (AvgIpc) is 1.87. The highest BCUT2D eigenvalue weighted by atomic mass is 35.5. The Bertz CT molecular complexity index is 129. The second-order valence-electron chi connectivity index (χ2n) is 2.44. The first-order chi connectivity index (χ1) is 4.66. The minimum atomic E-state index is 0.238. The first-order valence-corrected chi connectivity index (χ1v) is 3.92. The van der Waals surface area contributed by atoms with Crippen LogP contribution < -0.4 is 0 Å². The molecule has 0 heterocycles. The molecule has 0 N–H and O–H groups in total. The number of alkyl halides is 1. The molecule has 0 radical (unpaired) electrons. The van der Waals surface area contributed by atoms with Gasteiger partial charge in [0.05, 0.1) is 0 Å². The Morgan fingerprint density at radius 1 is 1.50 bits per heavy atom. The maximum Gasteiger partial charge on any atom is 0.129 e. The smallest absolute Gasteiger partial charge is 0.129 e. The summed E-state index contributed by atoms with van der Waals surface area (Å²) in [5.74, 6) is 0.750. The van der Waals surface area contributed by atoms with Gasteiger partial charge in [0.2, 0.25) is 0 Å². The number of rotatable bonds is 5. The fourth-order valence-electron chi connectivity index (χ4n) is 0.654. The van der Waals surface area contributed by atoms with Crippen LogP contribution in [0.15, 0.2) is 12.2 Å². The summed E-state index contributed by atoms with van der Waals surface area (Å²) in [4.78, 5) is 10.5. The van der Waals surface area contributed by atoms with E-state index in [2.05, 4.69) is 6.58 Å². The first-order valence-electron chi connectivity index (χ1n) is 3.39. The largest absolute Gasteiger partial charge is 0.300 e. The van der Waals surface area contributed by atoms with E-state index in [1.54, 1.807) is 6.92 Å². The van der Waals surface area contributed by atoms with Crippen molar-refractivity contribution in [3.63, 3.8) is 0 Å². The zero-order valence-electron chi connectivity index (χ0n) is 6.32. The fourth-order valence-corrected chi connectivity index (χ4v) is 0.788. The van der Waals surface area contributed by atoms with Gasteiger partial charge in [-0.15, -0.1) is 11.6 Å². The van der Waals surface area contributed by atoms with Gasteiger partial charge < -0.3 is 4.79 Å². The zero-order chi connectivity index (χ0) is 7.98. The SMILES string of the molecule is C=C(CCl)CCCC(C)=O. The third-order valence-electron chi connectivity index (χ3n) is 1.25. The zero-order valence-corrected chi connectivity index (χ0v) is 7.08. The Hall–Kier alpha value is -0.300. The monoisotopic (exact) mass is 160 g/mol. The fraction of sp³-hybridized carbons (Fsp3) is 0.625. The van der Waals surface area contributed by atoms with Gasteiger partial charge in [-0.2, -0.15) is 0 Å². The van der Waals surface area contributed by atoms with Crippen molar-refractivity contribution < 1.29 is 4.79 Å².